The number of aromatic nitrogens is 1. The van der Waals surface area contributed by atoms with Crippen molar-refractivity contribution >= 4 is 17.2 Å². The summed E-state index contributed by atoms with van der Waals surface area (Å²) >= 11 is 0. The van der Waals surface area contributed by atoms with Gasteiger partial charge in [-0.3, -0.25) is 10.2 Å². The number of anilines is 3. The number of hydrazine groups is 1. The second kappa shape index (κ2) is 10.3. The lowest BCUT2D eigenvalue weighted by molar-refractivity contribution is -0.149. The van der Waals surface area contributed by atoms with Gasteiger partial charge in [-0.25, -0.2) is 4.98 Å². The van der Waals surface area contributed by atoms with E-state index in [-0.39, 0.29) is 12.1 Å². The van der Waals surface area contributed by atoms with E-state index in [1.807, 2.05) is 23.2 Å². The fourth-order valence-electron chi connectivity index (χ4n) is 5.33. The van der Waals surface area contributed by atoms with Crippen LogP contribution >= 0.6 is 0 Å². The van der Waals surface area contributed by atoms with E-state index in [0.717, 1.165) is 42.2 Å². The average Bonchev–Trinajstić information content (AvgIpc) is 3.04. The maximum atomic E-state index is 12.6. The molecule has 3 aliphatic rings. The van der Waals surface area contributed by atoms with Crippen LogP contribution in [0.15, 0.2) is 36.5 Å². The van der Waals surface area contributed by atoms with E-state index in [9.17, 15) is 18.4 Å². The van der Waals surface area contributed by atoms with Gasteiger partial charge in [-0.05, 0) is 62.3 Å². The summed E-state index contributed by atoms with van der Waals surface area (Å²) in [6.07, 6.45) is 1.96. The highest BCUT2D eigenvalue weighted by Crippen LogP contribution is 2.40. The van der Waals surface area contributed by atoms with Gasteiger partial charge >= 0.3 is 6.18 Å². The zero-order valence-electron chi connectivity index (χ0n) is 19.6. The SMILES string of the molecule is ON(C1CCC(NCC(F)(F)F)CC1)N1Cc2cccnc2Nc2ccc([C@@H]3CCCOC3)cc21. The van der Waals surface area contributed by atoms with E-state index in [1.165, 1.54) is 10.7 Å². The third-order valence-electron chi connectivity index (χ3n) is 7.26. The number of nitrogens with zero attached hydrogens (tertiary/aromatic N) is 3. The molecule has 0 radical (unpaired) electrons. The van der Waals surface area contributed by atoms with Crippen molar-refractivity contribution < 1.29 is 23.1 Å². The quantitative estimate of drug-likeness (QED) is 0.502. The number of benzene rings is 1. The van der Waals surface area contributed by atoms with Crippen molar-refractivity contribution in [1.82, 2.24) is 15.5 Å². The van der Waals surface area contributed by atoms with Gasteiger partial charge in [-0.15, -0.1) is 0 Å². The third kappa shape index (κ3) is 5.72. The number of alkyl halides is 3. The van der Waals surface area contributed by atoms with E-state index < -0.39 is 12.7 Å². The van der Waals surface area contributed by atoms with Gasteiger partial charge in [0.2, 0.25) is 0 Å². The van der Waals surface area contributed by atoms with E-state index in [2.05, 4.69) is 27.8 Å². The largest absolute Gasteiger partial charge is 0.401 e. The molecule has 0 spiro atoms. The lowest BCUT2D eigenvalue weighted by atomic mass is 9.91. The molecule has 35 heavy (non-hydrogen) atoms. The Hall–Kier alpha value is -2.40. The van der Waals surface area contributed by atoms with Crippen LogP contribution in [-0.4, -0.2) is 53.4 Å². The molecule has 5 rings (SSSR count). The molecule has 1 atom stereocenters. The molecule has 3 heterocycles. The minimum Gasteiger partial charge on any atom is -0.381 e. The van der Waals surface area contributed by atoms with Crippen molar-refractivity contribution in [2.24, 2.45) is 0 Å². The van der Waals surface area contributed by atoms with E-state index in [1.54, 1.807) is 6.20 Å². The van der Waals surface area contributed by atoms with Crippen LogP contribution in [0.3, 0.4) is 0 Å². The highest BCUT2D eigenvalue weighted by atomic mass is 19.4. The monoisotopic (exact) mass is 491 g/mol. The fourth-order valence-corrected chi connectivity index (χ4v) is 5.33. The molecule has 1 aliphatic carbocycles. The molecule has 1 saturated carbocycles. The van der Waals surface area contributed by atoms with Crippen LogP contribution in [0.1, 0.15) is 55.6 Å². The van der Waals surface area contributed by atoms with E-state index in [0.29, 0.717) is 44.8 Å². The molecular weight excluding hydrogens is 459 g/mol. The first-order valence-corrected chi connectivity index (χ1v) is 12.4. The minimum atomic E-state index is -4.22. The first-order chi connectivity index (χ1) is 16.9. The number of hydrogen-bond acceptors (Lipinski definition) is 7. The summed E-state index contributed by atoms with van der Waals surface area (Å²) in [5.41, 5.74) is 3.82. The van der Waals surface area contributed by atoms with E-state index >= 15 is 0 Å². The van der Waals surface area contributed by atoms with E-state index in [4.69, 9.17) is 4.74 Å². The number of ether oxygens (including phenoxy) is 1. The predicted octanol–water partition coefficient (Wildman–Crippen LogP) is 5.11. The topological polar surface area (TPSA) is 72.9 Å². The van der Waals surface area contributed by atoms with Gasteiger partial charge in [-0.2, -0.15) is 13.2 Å². The van der Waals surface area contributed by atoms with Gasteiger partial charge in [0, 0.05) is 30.3 Å². The Labute approximate surface area is 203 Å². The van der Waals surface area contributed by atoms with Crippen molar-refractivity contribution in [3.63, 3.8) is 0 Å². The third-order valence-corrected chi connectivity index (χ3v) is 7.26. The molecule has 2 aromatic rings. The molecule has 2 fully saturated rings. The first kappa shape index (κ1) is 24.3. The summed E-state index contributed by atoms with van der Waals surface area (Å²) < 4.78 is 43.5. The van der Waals surface area contributed by atoms with Crippen molar-refractivity contribution in [1.29, 1.82) is 0 Å². The van der Waals surface area contributed by atoms with Crippen molar-refractivity contribution in [3.8, 4) is 0 Å². The standard InChI is InChI=1S/C25H32F3N5O2/c26-25(27,28)16-30-20-6-8-21(9-7-20)33(34)32-14-18-3-1-11-29-24(18)31-22-10-5-17(13-23(22)32)19-4-2-12-35-15-19/h1,3,5,10-11,13,19-21,30,34H,2,4,6-9,12,14-16H2,(H,29,31)/t19-,20?,21?/m1/s1. The van der Waals surface area contributed by atoms with Gasteiger partial charge in [0.25, 0.3) is 0 Å². The van der Waals surface area contributed by atoms with Gasteiger partial charge in [-0.1, -0.05) is 17.3 Å². The van der Waals surface area contributed by atoms with Crippen LogP contribution in [-0.2, 0) is 11.3 Å². The minimum absolute atomic E-state index is 0.188. The lowest BCUT2D eigenvalue weighted by Gasteiger charge is -2.40. The van der Waals surface area contributed by atoms with Crippen LogP contribution in [0.5, 0.6) is 0 Å². The van der Waals surface area contributed by atoms with Crippen LogP contribution in [0.4, 0.5) is 30.4 Å². The molecule has 1 aromatic carbocycles. The zero-order valence-corrected chi connectivity index (χ0v) is 19.6. The average molecular weight is 492 g/mol. The highest BCUT2D eigenvalue weighted by molar-refractivity contribution is 5.78. The molecule has 7 nitrogen and oxygen atoms in total. The zero-order chi connectivity index (χ0) is 24.4. The van der Waals surface area contributed by atoms with Crippen molar-refractivity contribution in [2.45, 2.75) is 69.2 Å². The maximum Gasteiger partial charge on any atom is 0.401 e. The second-order valence-electron chi connectivity index (χ2n) is 9.71. The molecular formula is C25H32F3N5O2. The van der Waals surface area contributed by atoms with Gasteiger partial charge < -0.3 is 15.4 Å². The molecule has 0 bridgehead atoms. The van der Waals surface area contributed by atoms with Crippen LogP contribution in [0, 0.1) is 0 Å². The Morgan fingerprint density at radius 3 is 2.74 bits per heavy atom. The number of fused-ring (bicyclic) bond motifs is 2. The lowest BCUT2D eigenvalue weighted by Crippen LogP contribution is -2.50. The Kier molecular flexibility index (Phi) is 7.15. The summed E-state index contributed by atoms with van der Waals surface area (Å²) in [4.78, 5) is 4.49. The Bertz CT molecular complexity index is 1010. The smallest absolute Gasteiger partial charge is 0.381 e. The summed E-state index contributed by atoms with van der Waals surface area (Å²) in [5.74, 6) is 1.06. The molecule has 1 aromatic heterocycles. The first-order valence-electron chi connectivity index (χ1n) is 12.4. The van der Waals surface area contributed by atoms with Crippen LogP contribution in [0.2, 0.25) is 0 Å². The number of nitrogens with one attached hydrogen (secondary N) is 2. The van der Waals surface area contributed by atoms with Crippen molar-refractivity contribution in [3.05, 3.63) is 47.7 Å². The Balaban J connectivity index is 1.37. The Morgan fingerprint density at radius 1 is 1.17 bits per heavy atom. The summed E-state index contributed by atoms with van der Waals surface area (Å²) in [7, 11) is 0. The predicted molar refractivity (Wildman–Crippen MR) is 127 cm³/mol. The molecule has 10 heteroatoms. The summed E-state index contributed by atoms with van der Waals surface area (Å²) in [5, 5.41) is 20.6. The second-order valence-corrected chi connectivity index (χ2v) is 9.71. The molecule has 2 aliphatic heterocycles. The van der Waals surface area contributed by atoms with Crippen molar-refractivity contribution in [2.75, 3.05) is 30.1 Å². The normalized spacial score (nSPS) is 24.9. The number of halogens is 3. The van der Waals surface area contributed by atoms with Gasteiger partial charge in [0.15, 0.2) is 0 Å². The highest BCUT2D eigenvalue weighted by Gasteiger charge is 2.34. The van der Waals surface area contributed by atoms with Crippen LogP contribution in [0.25, 0.3) is 0 Å². The van der Waals surface area contributed by atoms with Gasteiger partial charge in [0.05, 0.1) is 37.1 Å². The number of hydroxylamine groups is 1. The number of hydrogen-bond donors (Lipinski definition) is 3. The number of rotatable bonds is 5. The molecule has 1 saturated heterocycles. The molecule has 0 amide bonds. The Morgan fingerprint density at radius 2 is 2.00 bits per heavy atom. The van der Waals surface area contributed by atoms with Gasteiger partial charge in [0.1, 0.15) is 5.82 Å². The summed E-state index contributed by atoms with van der Waals surface area (Å²) in [6.45, 7) is 0.928. The maximum absolute atomic E-state index is 12.6. The number of pyridine rings is 1. The van der Waals surface area contributed by atoms with Crippen LogP contribution < -0.4 is 15.6 Å². The molecule has 190 valence electrons. The summed E-state index contributed by atoms with van der Waals surface area (Å²) in [6, 6.07) is 9.73. The fraction of sp³-hybridized carbons (Fsp3) is 0.560. The molecule has 0 unspecified atom stereocenters. The molecule has 3 N–H and O–H groups in total.